The van der Waals surface area contributed by atoms with Crippen molar-refractivity contribution >= 4 is 23.2 Å². The molecule has 0 saturated carbocycles. The zero-order valence-electron chi connectivity index (χ0n) is 12.5. The van der Waals surface area contributed by atoms with Crippen molar-refractivity contribution in [2.24, 2.45) is 11.8 Å². The number of benzene rings is 1. The lowest BCUT2D eigenvalue weighted by molar-refractivity contribution is -0.120. The van der Waals surface area contributed by atoms with Crippen LogP contribution in [0.4, 0.5) is 11.4 Å². The molecule has 0 bridgehead atoms. The quantitative estimate of drug-likeness (QED) is 0.784. The first-order chi connectivity index (χ1) is 10.0. The van der Waals surface area contributed by atoms with Gasteiger partial charge in [-0.15, -0.1) is 0 Å². The van der Waals surface area contributed by atoms with Crippen molar-refractivity contribution in [3.05, 3.63) is 18.2 Å². The van der Waals surface area contributed by atoms with E-state index in [1.807, 2.05) is 0 Å². The van der Waals surface area contributed by atoms with E-state index in [2.05, 4.69) is 22.9 Å². The lowest BCUT2D eigenvalue weighted by Gasteiger charge is -2.17. The fourth-order valence-electron chi connectivity index (χ4n) is 2.47. The van der Waals surface area contributed by atoms with Gasteiger partial charge in [0.25, 0.3) is 0 Å². The normalized spacial score (nSPS) is 20.9. The number of ether oxygens (including phenoxy) is 1. The molecule has 3 N–H and O–H groups in total. The third-order valence-electron chi connectivity index (χ3n) is 3.63. The van der Waals surface area contributed by atoms with Gasteiger partial charge in [-0.2, -0.15) is 0 Å². The number of methoxy groups -OCH3 is 1. The molecule has 2 unspecified atom stereocenters. The molecule has 1 aliphatic rings. The Balaban J connectivity index is 2.16. The standard InChI is InChI=1S/C15H21N3O3/c1-9-7-16-8-12(9)15(20)18-13-6-11(17-10(2)19)4-5-14(13)21-3/h4-6,9,12,16H,7-8H2,1-3H3,(H,17,19)(H,18,20). The molecule has 1 aromatic rings. The number of hydrogen-bond donors (Lipinski definition) is 3. The zero-order chi connectivity index (χ0) is 15.4. The van der Waals surface area contributed by atoms with E-state index in [1.165, 1.54) is 6.92 Å². The molecule has 1 aromatic carbocycles. The number of nitrogens with one attached hydrogen (secondary N) is 3. The van der Waals surface area contributed by atoms with Crippen LogP contribution >= 0.6 is 0 Å². The van der Waals surface area contributed by atoms with Crippen molar-refractivity contribution in [3.8, 4) is 5.75 Å². The molecule has 1 saturated heterocycles. The number of rotatable bonds is 4. The average molecular weight is 291 g/mol. The monoisotopic (exact) mass is 291 g/mol. The number of carbonyl (C=O) groups is 2. The highest BCUT2D eigenvalue weighted by atomic mass is 16.5. The molecule has 0 radical (unpaired) electrons. The average Bonchev–Trinajstić information content (AvgIpc) is 2.84. The molecule has 1 heterocycles. The van der Waals surface area contributed by atoms with Crippen molar-refractivity contribution in [1.29, 1.82) is 0 Å². The van der Waals surface area contributed by atoms with Crippen molar-refractivity contribution in [2.45, 2.75) is 13.8 Å². The van der Waals surface area contributed by atoms with Crippen molar-refractivity contribution in [1.82, 2.24) is 5.32 Å². The first-order valence-electron chi connectivity index (χ1n) is 6.98. The van der Waals surface area contributed by atoms with E-state index >= 15 is 0 Å². The van der Waals surface area contributed by atoms with Gasteiger partial charge in [-0.05, 0) is 30.7 Å². The van der Waals surface area contributed by atoms with Gasteiger partial charge in [0.05, 0.1) is 18.7 Å². The Kier molecular flexibility index (Phi) is 4.80. The summed E-state index contributed by atoms with van der Waals surface area (Å²) >= 11 is 0. The van der Waals surface area contributed by atoms with E-state index in [0.29, 0.717) is 29.6 Å². The van der Waals surface area contributed by atoms with Crippen LogP contribution in [0.3, 0.4) is 0 Å². The van der Waals surface area contributed by atoms with Gasteiger partial charge in [-0.3, -0.25) is 9.59 Å². The Morgan fingerprint density at radius 2 is 2.05 bits per heavy atom. The molecular weight excluding hydrogens is 270 g/mol. The molecule has 0 aliphatic carbocycles. The first-order valence-corrected chi connectivity index (χ1v) is 6.98. The Morgan fingerprint density at radius 1 is 1.29 bits per heavy atom. The molecule has 2 amide bonds. The minimum Gasteiger partial charge on any atom is -0.495 e. The topological polar surface area (TPSA) is 79.5 Å². The summed E-state index contributed by atoms with van der Waals surface area (Å²) in [5, 5.41) is 8.79. The summed E-state index contributed by atoms with van der Waals surface area (Å²) in [6.07, 6.45) is 0. The third-order valence-corrected chi connectivity index (χ3v) is 3.63. The molecule has 6 nitrogen and oxygen atoms in total. The molecule has 6 heteroatoms. The molecule has 21 heavy (non-hydrogen) atoms. The Bertz CT molecular complexity index is 545. The van der Waals surface area contributed by atoms with Crippen LogP contribution in [0.5, 0.6) is 5.75 Å². The van der Waals surface area contributed by atoms with E-state index in [-0.39, 0.29) is 17.7 Å². The van der Waals surface area contributed by atoms with Gasteiger partial charge in [-0.1, -0.05) is 6.92 Å². The van der Waals surface area contributed by atoms with Crippen LogP contribution in [0.2, 0.25) is 0 Å². The molecular formula is C15H21N3O3. The first kappa shape index (κ1) is 15.3. The SMILES string of the molecule is COc1ccc(NC(C)=O)cc1NC(=O)C1CNCC1C. The second-order valence-electron chi connectivity index (χ2n) is 5.33. The molecule has 0 aromatic heterocycles. The van der Waals surface area contributed by atoms with Crippen LogP contribution < -0.4 is 20.7 Å². The van der Waals surface area contributed by atoms with Crippen LogP contribution in [0.25, 0.3) is 0 Å². The molecule has 2 rings (SSSR count). The maximum atomic E-state index is 12.3. The molecule has 0 spiro atoms. The number of amides is 2. The van der Waals surface area contributed by atoms with E-state index in [0.717, 1.165) is 6.54 Å². The van der Waals surface area contributed by atoms with Gasteiger partial charge in [0.2, 0.25) is 11.8 Å². The summed E-state index contributed by atoms with van der Waals surface area (Å²) in [5.41, 5.74) is 1.18. The Morgan fingerprint density at radius 3 is 2.62 bits per heavy atom. The van der Waals surface area contributed by atoms with Crippen LogP contribution in [0.1, 0.15) is 13.8 Å². The predicted octanol–water partition coefficient (Wildman–Crippen LogP) is 1.45. The van der Waals surface area contributed by atoms with Gasteiger partial charge in [0.15, 0.2) is 0 Å². The number of carbonyl (C=O) groups excluding carboxylic acids is 2. The maximum absolute atomic E-state index is 12.3. The molecule has 1 aliphatic heterocycles. The van der Waals surface area contributed by atoms with Crippen LogP contribution in [0.15, 0.2) is 18.2 Å². The fraction of sp³-hybridized carbons (Fsp3) is 0.467. The second kappa shape index (κ2) is 6.58. The van der Waals surface area contributed by atoms with Gasteiger partial charge in [0.1, 0.15) is 5.75 Å². The van der Waals surface area contributed by atoms with Gasteiger partial charge < -0.3 is 20.7 Å². The van der Waals surface area contributed by atoms with Gasteiger partial charge >= 0.3 is 0 Å². The summed E-state index contributed by atoms with van der Waals surface area (Å²) in [6.45, 7) is 5.02. The minimum absolute atomic E-state index is 0.0363. The lowest BCUT2D eigenvalue weighted by atomic mass is 9.97. The van der Waals surface area contributed by atoms with Gasteiger partial charge in [-0.25, -0.2) is 0 Å². The smallest absolute Gasteiger partial charge is 0.229 e. The molecule has 2 atom stereocenters. The summed E-state index contributed by atoms with van der Waals surface area (Å²) in [6, 6.07) is 5.15. The van der Waals surface area contributed by atoms with Crippen molar-refractivity contribution < 1.29 is 14.3 Å². The summed E-state index contributed by atoms with van der Waals surface area (Å²) in [5.74, 6) is 0.613. The fourth-order valence-corrected chi connectivity index (χ4v) is 2.47. The highest BCUT2D eigenvalue weighted by Gasteiger charge is 2.29. The highest BCUT2D eigenvalue weighted by Crippen LogP contribution is 2.29. The largest absolute Gasteiger partial charge is 0.495 e. The van der Waals surface area contributed by atoms with E-state index in [4.69, 9.17) is 4.74 Å². The second-order valence-corrected chi connectivity index (χ2v) is 5.33. The van der Waals surface area contributed by atoms with E-state index in [1.54, 1.807) is 25.3 Å². The Hall–Kier alpha value is -2.08. The van der Waals surface area contributed by atoms with Crippen LogP contribution in [-0.2, 0) is 9.59 Å². The zero-order valence-corrected chi connectivity index (χ0v) is 12.5. The number of hydrogen-bond acceptors (Lipinski definition) is 4. The van der Waals surface area contributed by atoms with Gasteiger partial charge in [0, 0.05) is 19.2 Å². The summed E-state index contributed by atoms with van der Waals surface area (Å²) in [4.78, 5) is 23.4. The highest BCUT2D eigenvalue weighted by molar-refractivity contribution is 5.96. The predicted molar refractivity (Wildman–Crippen MR) is 81.5 cm³/mol. The third kappa shape index (κ3) is 3.72. The summed E-state index contributed by atoms with van der Waals surface area (Å²) < 4.78 is 5.25. The van der Waals surface area contributed by atoms with Crippen LogP contribution in [-0.4, -0.2) is 32.0 Å². The van der Waals surface area contributed by atoms with Crippen molar-refractivity contribution in [3.63, 3.8) is 0 Å². The maximum Gasteiger partial charge on any atom is 0.229 e. The van der Waals surface area contributed by atoms with Crippen LogP contribution in [0, 0.1) is 11.8 Å². The summed E-state index contributed by atoms with van der Waals surface area (Å²) in [7, 11) is 1.54. The lowest BCUT2D eigenvalue weighted by Crippen LogP contribution is -2.28. The van der Waals surface area contributed by atoms with Crippen molar-refractivity contribution in [2.75, 3.05) is 30.8 Å². The van der Waals surface area contributed by atoms with E-state index < -0.39 is 0 Å². The van der Waals surface area contributed by atoms with E-state index in [9.17, 15) is 9.59 Å². The molecule has 114 valence electrons. The molecule has 1 fully saturated rings. The number of anilines is 2. The Labute approximate surface area is 124 Å². The minimum atomic E-state index is -0.161.